The number of anilines is 2. The number of rotatable bonds is 5. The first-order chi connectivity index (χ1) is 26.6. The molecule has 8 aromatic rings. The number of nitrogens with zero attached hydrogens (tertiary/aromatic N) is 9. The summed E-state index contributed by atoms with van der Waals surface area (Å²) in [5.41, 5.74) is 12.9. The molecule has 0 bridgehead atoms. The Kier molecular flexibility index (Phi) is 9.51. The third-order valence-corrected chi connectivity index (χ3v) is 11.2. The minimum atomic E-state index is 0.841. The Labute approximate surface area is 323 Å². The summed E-state index contributed by atoms with van der Waals surface area (Å²) < 4.78 is 4.60. The van der Waals surface area contributed by atoms with Crippen LogP contribution >= 0.6 is 15.9 Å². The fraction of sp³-hybridized carbons (Fsp3) is 0.250. The lowest BCUT2D eigenvalue weighted by Gasteiger charge is -2.28. The second kappa shape index (κ2) is 15.0. The number of aromatic nitrogens is 7. The SMILES string of the molecule is Brc1cnn2cc(-c3ccc(N4CCCCC4)cc3)cnc12.Cc1cc(-c2cnn3cc(-c4ccc(N5CCCCC5)cc4)cnc23)c2ccccc2n1. The van der Waals surface area contributed by atoms with Crippen molar-refractivity contribution in [3.63, 3.8) is 0 Å². The van der Waals surface area contributed by atoms with Gasteiger partial charge in [0.2, 0.25) is 0 Å². The van der Waals surface area contributed by atoms with Crippen LogP contribution < -0.4 is 9.80 Å². The van der Waals surface area contributed by atoms with Gasteiger partial charge < -0.3 is 9.80 Å². The Balaban J connectivity index is 0.000000153. The number of aryl methyl sites for hydroxylation is 1. The van der Waals surface area contributed by atoms with Crippen LogP contribution in [0.2, 0.25) is 0 Å². The van der Waals surface area contributed by atoms with Gasteiger partial charge in [-0.3, -0.25) is 4.98 Å². The van der Waals surface area contributed by atoms with E-state index in [2.05, 4.69) is 119 Å². The van der Waals surface area contributed by atoms with Gasteiger partial charge in [0, 0.05) is 90.1 Å². The predicted octanol–water partition coefficient (Wildman–Crippen LogP) is 10.1. The lowest BCUT2D eigenvalue weighted by atomic mass is 10.0. The van der Waals surface area contributed by atoms with Gasteiger partial charge in [-0.1, -0.05) is 42.5 Å². The normalized spacial score (nSPS) is 14.8. The molecule has 5 aromatic heterocycles. The van der Waals surface area contributed by atoms with E-state index in [1.165, 1.54) is 68.6 Å². The molecule has 0 radical (unpaired) electrons. The summed E-state index contributed by atoms with van der Waals surface area (Å²) >= 11 is 3.45. The van der Waals surface area contributed by atoms with Crippen molar-refractivity contribution >= 4 is 49.5 Å². The van der Waals surface area contributed by atoms with Crippen LogP contribution in [0, 0.1) is 6.92 Å². The van der Waals surface area contributed by atoms with E-state index in [0.29, 0.717) is 0 Å². The minimum absolute atomic E-state index is 0.841. The first-order valence-electron chi connectivity index (χ1n) is 19.0. The van der Waals surface area contributed by atoms with Crippen LogP contribution in [0.1, 0.15) is 44.2 Å². The van der Waals surface area contributed by atoms with Crippen molar-refractivity contribution in [1.82, 2.24) is 34.2 Å². The lowest BCUT2D eigenvalue weighted by Crippen LogP contribution is -2.29. The molecule has 2 aliphatic heterocycles. The van der Waals surface area contributed by atoms with Crippen LogP contribution in [0.5, 0.6) is 0 Å². The monoisotopic (exact) mass is 775 g/mol. The summed E-state index contributed by atoms with van der Waals surface area (Å²) in [5.74, 6) is 0. The van der Waals surface area contributed by atoms with Crippen molar-refractivity contribution in [2.45, 2.75) is 45.4 Å². The molecule has 0 atom stereocenters. The summed E-state index contributed by atoms with van der Waals surface area (Å²) in [4.78, 5) is 18.9. The molecule has 2 aliphatic rings. The van der Waals surface area contributed by atoms with Crippen LogP contribution in [0.15, 0.2) is 121 Å². The highest BCUT2D eigenvalue weighted by Crippen LogP contribution is 2.32. The second-order valence-electron chi connectivity index (χ2n) is 14.3. The molecule has 10 heteroatoms. The third-order valence-electron chi connectivity index (χ3n) is 10.6. The number of para-hydroxylation sites is 1. The molecule has 0 saturated carbocycles. The predicted molar refractivity (Wildman–Crippen MR) is 222 cm³/mol. The van der Waals surface area contributed by atoms with E-state index in [9.17, 15) is 0 Å². The van der Waals surface area contributed by atoms with Crippen LogP contribution in [0.3, 0.4) is 0 Å². The maximum absolute atomic E-state index is 4.81. The highest BCUT2D eigenvalue weighted by molar-refractivity contribution is 9.10. The van der Waals surface area contributed by atoms with Crippen molar-refractivity contribution < 1.29 is 0 Å². The number of hydrogen-bond acceptors (Lipinski definition) is 7. The van der Waals surface area contributed by atoms with E-state index in [1.54, 1.807) is 10.7 Å². The number of fused-ring (bicyclic) bond motifs is 3. The molecule has 270 valence electrons. The molecule has 0 amide bonds. The molecule has 9 nitrogen and oxygen atoms in total. The molecule has 0 N–H and O–H groups in total. The van der Waals surface area contributed by atoms with Gasteiger partial charge in [-0.2, -0.15) is 10.2 Å². The Hall–Kier alpha value is -5.61. The number of piperidine rings is 2. The topological polar surface area (TPSA) is 79.8 Å². The smallest absolute Gasteiger partial charge is 0.169 e. The summed E-state index contributed by atoms with van der Waals surface area (Å²) in [6, 6.07) is 28.0. The van der Waals surface area contributed by atoms with Crippen molar-refractivity contribution in [1.29, 1.82) is 0 Å². The Morgan fingerprint density at radius 2 is 1.07 bits per heavy atom. The average molecular weight is 777 g/mol. The molecule has 10 rings (SSSR count). The van der Waals surface area contributed by atoms with E-state index in [4.69, 9.17) is 4.98 Å². The van der Waals surface area contributed by atoms with Gasteiger partial charge in [0.25, 0.3) is 0 Å². The molecule has 2 saturated heterocycles. The van der Waals surface area contributed by atoms with Crippen LogP contribution in [-0.2, 0) is 0 Å². The summed E-state index contributed by atoms with van der Waals surface area (Å²) in [6.07, 6.45) is 19.5. The standard InChI is InChI=1S/C27H25N5.C17H17BrN4/c1-19-15-24(23-7-3-4-8-26(23)30-19)25-17-29-32-18-21(16-28-27(25)32)20-9-11-22(12-10-20)31-13-5-2-6-14-31;18-16-11-20-22-12-14(10-19-17(16)22)13-4-6-15(7-5-13)21-8-2-1-3-9-21/h3-4,7-12,15-18H,2,5-6,13-14H2,1H3;4-7,10-12H,1-3,8-9H2. The van der Waals surface area contributed by atoms with Crippen LogP contribution in [0.25, 0.3) is 55.6 Å². The summed E-state index contributed by atoms with van der Waals surface area (Å²) in [7, 11) is 0. The zero-order valence-corrected chi connectivity index (χ0v) is 32.0. The fourth-order valence-electron chi connectivity index (χ4n) is 7.77. The molecule has 0 unspecified atom stereocenters. The van der Waals surface area contributed by atoms with Gasteiger partial charge in [0.05, 0.1) is 22.4 Å². The maximum atomic E-state index is 4.81. The number of pyridine rings is 1. The summed E-state index contributed by atoms with van der Waals surface area (Å²) in [6.45, 7) is 6.70. The highest BCUT2D eigenvalue weighted by atomic mass is 79.9. The summed E-state index contributed by atoms with van der Waals surface area (Å²) in [5, 5.41) is 10.0. The van der Waals surface area contributed by atoms with Crippen molar-refractivity contribution in [2.75, 3.05) is 36.0 Å². The van der Waals surface area contributed by atoms with Gasteiger partial charge in [-0.15, -0.1) is 0 Å². The van der Waals surface area contributed by atoms with Crippen molar-refractivity contribution in [3.05, 3.63) is 126 Å². The Morgan fingerprint density at radius 1 is 0.537 bits per heavy atom. The maximum Gasteiger partial charge on any atom is 0.169 e. The molecule has 7 heterocycles. The van der Waals surface area contributed by atoms with Gasteiger partial charge in [0.15, 0.2) is 11.3 Å². The average Bonchev–Trinajstić information content (AvgIpc) is 3.84. The second-order valence-corrected chi connectivity index (χ2v) is 15.1. The lowest BCUT2D eigenvalue weighted by molar-refractivity contribution is 0.578. The molecule has 54 heavy (non-hydrogen) atoms. The van der Waals surface area contributed by atoms with Crippen LogP contribution in [-0.4, -0.2) is 60.4 Å². The largest absolute Gasteiger partial charge is 0.372 e. The molecular weight excluding hydrogens is 734 g/mol. The quantitative estimate of drug-likeness (QED) is 0.172. The molecule has 0 spiro atoms. The van der Waals surface area contributed by atoms with Crippen molar-refractivity contribution in [2.24, 2.45) is 0 Å². The van der Waals surface area contributed by atoms with E-state index in [0.717, 1.165) is 73.3 Å². The van der Waals surface area contributed by atoms with Crippen LogP contribution in [0.4, 0.5) is 11.4 Å². The first kappa shape index (κ1) is 34.2. The van der Waals surface area contributed by atoms with Gasteiger partial charge >= 0.3 is 0 Å². The van der Waals surface area contributed by atoms with Gasteiger partial charge in [0.1, 0.15) is 0 Å². The Morgan fingerprint density at radius 3 is 1.69 bits per heavy atom. The first-order valence-corrected chi connectivity index (χ1v) is 19.8. The van der Waals surface area contributed by atoms with E-state index in [-0.39, 0.29) is 0 Å². The number of halogens is 1. The zero-order valence-electron chi connectivity index (χ0n) is 30.4. The van der Waals surface area contributed by atoms with Gasteiger partial charge in [-0.05, 0) is 114 Å². The molecule has 0 aliphatic carbocycles. The molecular formula is C44H42BrN9. The van der Waals surface area contributed by atoms with Gasteiger partial charge in [-0.25, -0.2) is 19.0 Å². The molecule has 2 fully saturated rings. The highest BCUT2D eigenvalue weighted by Gasteiger charge is 2.15. The fourth-order valence-corrected chi connectivity index (χ4v) is 8.15. The van der Waals surface area contributed by atoms with E-state index < -0.39 is 0 Å². The number of benzene rings is 3. The number of hydrogen-bond donors (Lipinski definition) is 0. The minimum Gasteiger partial charge on any atom is -0.372 e. The third kappa shape index (κ3) is 6.94. The van der Waals surface area contributed by atoms with E-state index in [1.807, 2.05) is 48.4 Å². The van der Waals surface area contributed by atoms with E-state index >= 15 is 0 Å². The zero-order chi connectivity index (χ0) is 36.4. The van der Waals surface area contributed by atoms with Crippen molar-refractivity contribution in [3.8, 4) is 33.4 Å². The Bertz CT molecular complexity index is 2550. The molecule has 3 aromatic carbocycles.